The normalized spacial score (nSPS) is 16.2. The molecule has 0 bridgehead atoms. The number of ether oxygens (including phenoxy) is 1. The van der Waals surface area contributed by atoms with Crippen LogP contribution in [0, 0.1) is 0 Å². The van der Waals surface area contributed by atoms with Gasteiger partial charge in [-0.25, -0.2) is 9.67 Å². The van der Waals surface area contributed by atoms with Crippen molar-refractivity contribution < 1.29 is 4.74 Å². The van der Waals surface area contributed by atoms with Crippen molar-refractivity contribution in [1.29, 1.82) is 0 Å². The summed E-state index contributed by atoms with van der Waals surface area (Å²) in [5.74, 6) is 3.31. The van der Waals surface area contributed by atoms with Gasteiger partial charge in [0.15, 0.2) is 5.82 Å². The third-order valence-corrected chi connectivity index (χ3v) is 5.00. The van der Waals surface area contributed by atoms with E-state index in [1.165, 1.54) is 5.56 Å². The molecule has 3 heterocycles. The number of fused-ring (bicyclic) bond motifs is 1. The van der Waals surface area contributed by atoms with Crippen molar-refractivity contribution in [2.24, 2.45) is 0 Å². The van der Waals surface area contributed by atoms with Crippen LogP contribution in [-0.2, 0) is 26.1 Å². The molecule has 0 radical (unpaired) electrons. The Morgan fingerprint density at radius 3 is 2.96 bits per heavy atom. The Labute approximate surface area is 166 Å². The van der Waals surface area contributed by atoms with Gasteiger partial charge in [0.25, 0.3) is 0 Å². The van der Waals surface area contributed by atoms with Crippen molar-refractivity contribution in [3.63, 3.8) is 0 Å². The Morgan fingerprint density at radius 2 is 2.14 bits per heavy atom. The van der Waals surface area contributed by atoms with Crippen molar-refractivity contribution in [2.45, 2.75) is 58.3 Å². The van der Waals surface area contributed by atoms with Crippen LogP contribution >= 0.6 is 0 Å². The zero-order valence-electron chi connectivity index (χ0n) is 16.5. The Balaban J connectivity index is 1.31. The highest BCUT2D eigenvalue weighted by Gasteiger charge is 2.22. The van der Waals surface area contributed by atoms with Gasteiger partial charge in [-0.2, -0.15) is 5.10 Å². The summed E-state index contributed by atoms with van der Waals surface area (Å²) in [5, 5.41) is 8.32. The molecule has 0 amide bonds. The number of pyridine rings is 1. The molecule has 1 atom stereocenters. The van der Waals surface area contributed by atoms with Crippen molar-refractivity contribution in [2.75, 3.05) is 0 Å². The lowest BCUT2D eigenvalue weighted by Gasteiger charge is -2.23. The van der Waals surface area contributed by atoms with Crippen LogP contribution in [0.25, 0.3) is 0 Å². The summed E-state index contributed by atoms with van der Waals surface area (Å²) in [6.45, 7) is 6.45. The summed E-state index contributed by atoms with van der Waals surface area (Å²) in [4.78, 5) is 8.96. The molecule has 0 saturated carbocycles. The summed E-state index contributed by atoms with van der Waals surface area (Å²) in [6, 6.07) is 14.5. The second-order valence-electron chi connectivity index (χ2n) is 7.60. The standard InChI is InChI=1S/C22H27N5O/c1-16(2)22-25-21-10-9-18(14-27(21)26-22)24-13-17-6-5-8-20(12-17)28-15-19-7-3-4-11-23-19/h3-8,11-12,16,18,24H,9-10,13-15H2,1-2H3. The summed E-state index contributed by atoms with van der Waals surface area (Å²) in [5.41, 5.74) is 2.14. The number of aryl methyl sites for hydroxylation is 1. The van der Waals surface area contributed by atoms with Crippen LogP contribution in [0.2, 0.25) is 0 Å². The monoisotopic (exact) mass is 377 g/mol. The summed E-state index contributed by atoms with van der Waals surface area (Å²) < 4.78 is 7.96. The average molecular weight is 377 g/mol. The van der Waals surface area contributed by atoms with Gasteiger partial charge in [-0.05, 0) is 36.2 Å². The van der Waals surface area contributed by atoms with E-state index < -0.39 is 0 Å². The molecule has 4 rings (SSSR count). The lowest BCUT2D eigenvalue weighted by molar-refractivity contribution is 0.300. The van der Waals surface area contributed by atoms with Gasteiger partial charge in [0, 0.05) is 31.1 Å². The fraction of sp³-hybridized carbons (Fsp3) is 0.409. The Hall–Kier alpha value is -2.73. The smallest absolute Gasteiger partial charge is 0.153 e. The number of hydrogen-bond acceptors (Lipinski definition) is 5. The molecular weight excluding hydrogens is 350 g/mol. The molecule has 28 heavy (non-hydrogen) atoms. The highest BCUT2D eigenvalue weighted by atomic mass is 16.5. The van der Waals surface area contributed by atoms with Crippen LogP contribution in [0.4, 0.5) is 0 Å². The first-order chi connectivity index (χ1) is 13.7. The number of nitrogens with one attached hydrogen (secondary N) is 1. The number of nitrogens with zero attached hydrogens (tertiary/aromatic N) is 4. The zero-order valence-corrected chi connectivity index (χ0v) is 16.5. The Morgan fingerprint density at radius 1 is 1.21 bits per heavy atom. The predicted molar refractivity (Wildman–Crippen MR) is 108 cm³/mol. The van der Waals surface area contributed by atoms with Gasteiger partial charge in [0.2, 0.25) is 0 Å². The number of hydrogen-bond donors (Lipinski definition) is 1. The van der Waals surface area contributed by atoms with Crippen LogP contribution in [-0.4, -0.2) is 25.8 Å². The van der Waals surface area contributed by atoms with E-state index in [1.807, 2.05) is 30.3 Å². The summed E-state index contributed by atoms with van der Waals surface area (Å²) >= 11 is 0. The van der Waals surface area contributed by atoms with E-state index >= 15 is 0 Å². The van der Waals surface area contributed by atoms with Crippen LogP contribution in [0.1, 0.15) is 49.1 Å². The van der Waals surface area contributed by atoms with Gasteiger partial charge in [-0.15, -0.1) is 0 Å². The molecular formula is C22H27N5O. The summed E-state index contributed by atoms with van der Waals surface area (Å²) in [6.07, 6.45) is 3.85. The lowest BCUT2D eigenvalue weighted by Crippen LogP contribution is -2.37. The number of rotatable bonds is 7. The van der Waals surface area contributed by atoms with E-state index in [9.17, 15) is 0 Å². The number of aromatic nitrogens is 4. The second kappa shape index (κ2) is 8.52. The maximum absolute atomic E-state index is 5.88. The van der Waals surface area contributed by atoms with Crippen LogP contribution in [0.15, 0.2) is 48.7 Å². The van der Waals surface area contributed by atoms with E-state index in [4.69, 9.17) is 4.74 Å². The highest BCUT2D eigenvalue weighted by molar-refractivity contribution is 5.28. The average Bonchev–Trinajstić information content (AvgIpc) is 3.16. The van der Waals surface area contributed by atoms with Crippen molar-refractivity contribution in [1.82, 2.24) is 25.1 Å². The number of benzene rings is 1. The van der Waals surface area contributed by atoms with Crippen LogP contribution < -0.4 is 10.1 Å². The molecule has 0 saturated heterocycles. The molecule has 1 unspecified atom stereocenters. The van der Waals surface area contributed by atoms with E-state index in [0.717, 1.165) is 49.0 Å². The molecule has 0 aliphatic carbocycles. The Kier molecular flexibility index (Phi) is 5.67. The molecule has 146 valence electrons. The third-order valence-electron chi connectivity index (χ3n) is 5.00. The first-order valence-electron chi connectivity index (χ1n) is 9.96. The Bertz CT molecular complexity index is 906. The maximum Gasteiger partial charge on any atom is 0.153 e. The van der Waals surface area contributed by atoms with E-state index in [-0.39, 0.29) is 0 Å². The molecule has 6 nitrogen and oxygen atoms in total. The molecule has 3 aromatic rings. The van der Waals surface area contributed by atoms with Crippen molar-refractivity contribution in [3.8, 4) is 5.75 Å². The van der Waals surface area contributed by atoms with Gasteiger partial charge >= 0.3 is 0 Å². The topological polar surface area (TPSA) is 64.9 Å². The molecule has 0 fully saturated rings. The fourth-order valence-corrected chi connectivity index (χ4v) is 3.39. The van der Waals surface area contributed by atoms with Crippen LogP contribution in [0.5, 0.6) is 5.75 Å². The van der Waals surface area contributed by atoms with Gasteiger partial charge in [-0.3, -0.25) is 4.98 Å². The van der Waals surface area contributed by atoms with E-state index in [2.05, 4.69) is 51.0 Å². The van der Waals surface area contributed by atoms with E-state index in [1.54, 1.807) is 6.20 Å². The molecule has 0 spiro atoms. The van der Waals surface area contributed by atoms with Gasteiger partial charge < -0.3 is 10.1 Å². The highest BCUT2D eigenvalue weighted by Crippen LogP contribution is 2.18. The minimum atomic E-state index is 0.373. The quantitative estimate of drug-likeness (QED) is 0.683. The molecule has 1 aromatic carbocycles. The van der Waals surface area contributed by atoms with E-state index in [0.29, 0.717) is 18.6 Å². The van der Waals surface area contributed by atoms with Gasteiger partial charge in [0.1, 0.15) is 18.2 Å². The minimum absolute atomic E-state index is 0.373. The molecule has 1 N–H and O–H groups in total. The van der Waals surface area contributed by atoms with Gasteiger partial charge in [-0.1, -0.05) is 32.0 Å². The predicted octanol–water partition coefficient (Wildman–Crippen LogP) is 3.48. The third kappa shape index (κ3) is 4.57. The molecule has 2 aromatic heterocycles. The maximum atomic E-state index is 5.88. The zero-order chi connectivity index (χ0) is 19.3. The summed E-state index contributed by atoms with van der Waals surface area (Å²) in [7, 11) is 0. The first kappa shape index (κ1) is 18.6. The lowest BCUT2D eigenvalue weighted by atomic mass is 10.1. The minimum Gasteiger partial charge on any atom is -0.487 e. The second-order valence-corrected chi connectivity index (χ2v) is 7.60. The fourth-order valence-electron chi connectivity index (χ4n) is 3.39. The molecule has 1 aliphatic rings. The molecule has 1 aliphatic heterocycles. The van der Waals surface area contributed by atoms with Crippen molar-refractivity contribution in [3.05, 3.63) is 71.6 Å². The molecule has 6 heteroatoms. The van der Waals surface area contributed by atoms with Crippen LogP contribution in [0.3, 0.4) is 0 Å². The SMILES string of the molecule is CC(C)c1nc2n(n1)CC(NCc1cccc(OCc3ccccn3)c1)CC2. The first-order valence-corrected chi connectivity index (χ1v) is 9.96. The van der Waals surface area contributed by atoms with Crippen molar-refractivity contribution >= 4 is 0 Å². The van der Waals surface area contributed by atoms with Gasteiger partial charge in [0.05, 0.1) is 12.2 Å². The largest absolute Gasteiger partial charge is 0.487 e.